The van der Waals surface area contributed by atoms with Gasteiger partial charge in [-0.05, 0) is 71.1 Å². The zero-order valence-corrected chi connectivity index (χ0v) is 24.0. The molecule has 0 unspecified atom stereocenters. The Bertz CT molecular complexity index is 1880. The smallest absolute Gasteiger partial charge is 0.270 e. The quantitative estimate of drug-likeness (QED) is 0.219. The number of halogens is 1. The predicted octanol–water partition coefficient (Wildman–Crippen LogP) is 7.07. The van der Waals surface area contributed by atoms with Gasteiger partial charge in [0.05, 0.1) is 12.2 Å². The molecule has 1 aromatic heterocycles. The second-order valence-electron chi connectivity index (χ2n) is 9.91. The summed E-state index contributed by atoms with van der Waals surface area (Å²) < 4.78 is 30.1. The van der Waals surface area contributed by atoms with Crippen molar-refractivity contribution < 1.29 is 13.2 Å². The number of fused-ring (bicyclic) bond motifs is 1. The number of carbonyl (C=O) groups excluding carboxylic acids is 1. The van der Waals surface area contributed by atoms with Crippen molar-refractivity contribution in [3.8, 4) is 0 Å². The molecule has 1 aliphatic rings. The van der Waals surface area contributed by atoms with Crippen LogP contribution in [0.5, 0.6) is 0 Å². The van der Waals surface area contributed by atoms with Crippen LogP contribution in [0.3, 0.4) is 0 Å². The van der Waals surface area contributed by atoms with Crippen molar-refractivity contribution in [3.05, 3.63) is 165 Å². The van der Waals surface area contributed by atoms with Gasteiger partial charge in [0.2, 0.25) is 0 Å². The van der Waals surface area contributed by atoms with Gasteiger partial charge in [-0.3, -0.25) is 14.1 Å². The van der Waals surface area contributed by atoms with Crippen LogP contribution in [0.4, 0.5) is 11.4 Å². The Kier molecular flexibility index (Phi) is 7.61. The van der Waals surface area contributed by atoms with Crippen LogP contribution in [0, 0.1) is 0 Å². The number of hydrogen-bond acceptors (Lipinski definition) is 4. The number of benzene rings is 4. The summed E-state index contributed by atoms with van der Waals surface area (Å²) in [6.07, 6.45) is 4.21. The highest BCUT2D eigenvalue weighted by molar-refractivity contribution is 7.97. The number of sulfonamides is 1. The summed E-state index contributed by atoms with van der Waals surface area (Å²) >= 11 is 6.44. The molecule has 0 aliphatic carbocycles. The maximum absolute atomic E-state index is 14.4. The lowest BCUT2D eigenvalue weighted by atomic mass is 9.95. The molecule has 0 bridgehead atoms. The largest absolute Gasteiger partial charge is 0.321 e. The Labute approximate surface area is 250 Å². The van der Waals surface area contributed by atoms with E-state index in [-0.39, 0.29) is 11.4 Å². The van der Waals surface area contributed by atoms with E-state index in [2.05, 4.69) is 10.3 Å². The molecule has 208 valence electrons. The van der Waals surface area contributed by atoms with Crippen LogP contribution >= 0.6 is 11.6 Å². The highest BCUT2D eigenvalue weighted by atomic mass is 35.5. The number of aromatic nitrogens is 1. The monoisotopic (exact) mass is 591 g/mol. The molecule has 0 saturated carbocycles. The minimum absolute atomic E-state index is 0.0559. The first-order valence-electron chi connectivity index (χ1n) is 13.4. The Morgan fingerprint density at radius 3 is 2.10 bits per heavy atom. The van der Waals surface area contributed by atoms with E-state index >= 15 is 0 Å². The molecule has 4 aromatic carbocycles. The maximum Gasteiger partial charge on any atom is 0.270 e. The lowest BCUT2D eigenvalue weighted by Gasteiger charge is -2.33. The first-order valence-corrected chi connectivity index (χ1v) is 15.2. The fourth-order valence-electron chi connectivity index (χ4n) is 5.09. The van der Waals surface area contributed by atoms with E-state index in [4.69, 9.17) is 11.6 Å². The molecule has 0 saturated heterocycles. The Hall–Kier alpha value is -4.72. The van der Waals surface area contributed by atoms with E-state index in [0.29, 0.717) is 39.5 Å². The van der Waals surface area contributed by atoms with Gasteiger partial charge in [0.15, 0.2) is 4.91 Å². The fourth-order valence-corrected chi connectivity index (χ4v) is 6.99. The number of nitrogens with one attached hydrogen (secondary N) is 1. The third-order valence-corrected chi connectivity index (χ3v) is 9.13. The molecular weight excluding hydrogens is 566 g/mol. The summed E-state index contributed by atoms with van der Waals surface area (Å²) in [5.41, 5.74) is 5.37. The molecule has 0 fully saturated rings. The third kappa shape index (κ3) is 5.57. The molecule has 42 heavy (non-hydrogen) atoms. The average Bonchev–Trinajstić information content (AvgIpc) is 3.00. The number of carbonyl (C=O) groups is 1. The van der Waals surface area contributed by atoms with E-state index in [9.17, 15) is 13.2 Å². The number of amides is 1. The molecule has 6 nitrogen and oxygen atoms in total. The maximum atomic E-state index is 14.4. The number of pyridine rings is 1. The first kappa shape index (κ1) is 27.4. The van der Waals surface area contributed by atoms with Gasteiger partial charge in [0.25, 0.3) is 15.9 Å². The minimum atomic E-state index is -4.30. The minimum Gasteiger partial charge on any atom is -0.321 e. The van der Waals surface area contributed by atoms with Crippen molar-refractivity contribution in [1.29, 1.82) is 0 Å². The van der Waals surface area contributed by atoms with Crippen molar-refractivity contribution in [2.45, 2.75) is 13.0 Å². The molecule has 1 aliphatic heterocycles. The number of nitrogens with zero attached hydrogens (tertiary/aromatic N) is 2. The number of hydrogen-bond donors (Lipinski definition) is 1. The van der Waals surface area contributed by atoms with Crippen molar-refractivity contribution >= 4 is 44.5 Å². The molecule has 8 heteroatoms. The van der Waals surface area contributed by atoms with Gasteiger partial charge in [0, 0.05) is 34.2 Å². The van der Waals surface area contributed by atoms with E-state index in [0.717, 1.165) is 16.7 Å². The van der Waals surface area contributed by atoms with Gasteiger partial charge in [-0.25, -0.2) is 8.42 Å². The molecule has 2 heterocycles. The summed E-state index contributed by atoms with van der Waals surface area (Å²) in [4.78, 5) is 17.7. The lowest BCUT2D eigenvalue weighted by molar-refractivity contribution is -0.112. The normalized spacial score (nSPS) is 13.9. The number of anilines is 2. The molecule has 1 amide bonds. The zero-order chi connectivity index (χ0) is 29.1. The van der Waals surface area contributed by atoms with Gasteiger partial charge in [-0.1, -0.05) is 84.4 Å². The summed E-state index contributed by atoms with van der Waals surface area (Å²) in [6.45, 7) is 0.0559. The molecule has 6 rings (SSSR count). The summed E-state index contributed by atoms with van der Waals surface area (Å²) in [5.74, 6) is -0.723. The Morgan fingerprint density at radius 2 is 1.40 bits per heavy atom. The Morgan fingerprint density at radius 1 is 0.762 bits per heavy atom. The van der Waals surface area contributed by atoms with E-state index in [1.807, 2.05) is 72.8 Å². The second-order valence-corrected chi connectivity index (χ2v) is 12.1. The first-order chi connectivity index (χ1) is 20.4. The van der Waals surface area contributed by atoms with Crippen molar-refractivity contribution in [2.24, 2.45) is 0 Å². The van der Waals surface area contributed by atoms with Crippen LogP contribution < -0.4 is 9.62 Å². The number of rotatable bonds is 7. The highest BCUT2D eigenvalue weighted by Gasteiger charge is 2.41. The van der Waals surface area contributed by atoms with Crippen molar-refractivity contribution in [1.82, 2.24) is 4.98 Å². The lowest BCUT2D eigenvalue weighted by Crippen LogP contribution is -2.39. The van der Waals surface area contributed by atoms with Crippen LogP contribution in [-0.2, 0) is 27.8 Å². The molecule has 0 spiro atoms. The third-order valence-electron chi connectivity index (χ3n) is 7.08. The summed E-state index contributed by atoms with van der Waals surface area (Å²) in [5, 5.41) is 3.28. The summed E-state index contributed by atoms with van der Waals surface area (Å²) in [7, 11) is -4.30. The van der Waals surface area contributed by atoms with Gasteiger partial charge in [-0.2, -0.15) is 0 Å². The fraction of sp³-hybridized carbons (Fsp3) is 0.0588. The van der Waals surface area contributed by atoms with Crippen LogP contribution in [0.25, 0.3) is 5.57 Å². The highest BCUT2D eigenvalue weighted by Crippen LogP contribution is 2.44. The molecule has 5 aromatic rings. The van der Waals surface area contributed by atoms with Gasteiger partial charge in [0.1, 0.15) is 0 Å². The molecule has 0 atom stereocenters. The van der Waals surface area contributed by atoms with Gasteiger partial charge < -0.3 is 5.32 Å². The zero-order valence-electron chi connectivity index (χ0n) is 22.4. The summed E-state index contributed by atoms with van der Waals surface area (Å²) in [6, 6.07) is 34.7. The average molecular weight is 592 g/mol. The SMILES string of the molecule is O=C(Nc1ccc(Cc2ccncc2)cc1)C1=C(c2ccccc2)c2cc(Cl)ccc2N(Cc2ccccc2)S1(=O)=O. The van der Waals surface area contributed by atoms with Crippen LogP contribution in [-0.4, -0.2) is 19.3 Å². The predicted molar refractivity (Wildman–Crippen MR) is 168 cm³/mol. The van der Waals surface area contributed by atoms with Gasteiger partial charge in [-0.15, -0.1) is 0 Å². The molecule has 0 radical (unpaired) electrons. The van der Waals surface area contributed by atoms with Crippen LogP contribution in [0.2, 0.25) is 5.02 Å². The van der Waals surface area contributed by atoms with Crippen LogP contribution in [0.1, 0.15) is 27.8 Å². The second kappa shape index (κ2) is 11.6. The molecular formula is C34H26ClN3O3S. The molecule has 1 N–H and O–H groups in total. The Balaban J connectivity index is 1.43. The van der Waals surface area contributed by atoms with E-state index in [1.54, 1.807) is 54.9 Å². The van der Waals surface area contributed by atoms with Crippen molar-refractivity contribution in [2.75, 3.05) is 9.62 Å². The van der Waals surface area contributed by atoms with Crippen molar-refractivity contribution in [3.63, 3.8) is 0 Å². The van der Waals surface area contributed by atoms with Gasteiger partial charge >= 0.3 is 0 Å². The van der Waals surface area contributed by atoms with Crippen LogP contribution in [0.15, 0.2) is 133 Å². The topological polar surface area (TPSA) is 79.4 Å². The standard InChI is InChI=1S/C34H26ClN3O3S/c35-28-13-16-31-30(22-28)32(27-9-5-2-6-10-27)33(42(40,41)38(31)23-26-7-3-1-4-8-26)34(39)37-29-14-11-24(12-15-29)21-25-17-19-36-20-18-25/h1-20,22H,21,23H2,(H,37,39). The van der Waals surface area contributed by atoms with E-state index < -0.39 is 15.9 Å². The van der Waals surface area contributed by atoms with E-state index in [1.165, 1.54) is 4.31 Å².